The minimum absolute atomic E-state index is 0.295. The lowest BCUT2D eigenvalue weighted by atomic mass is 9.95. The van der Waals surface area contributed by atoms with Crippen LogP contribution in [0.15, 0.2) is 18.2 Å². The van der Waals surface area contributed by atoms with Crippen molar-refractivity contribution in [1.29, 1.82) is 10.5 Å². The third kappa shape index (κ3) is 1.61. The van der Waals surface area contributed by atoms with Crippen LogP contribution in [0, 0.1) is 22.7 Å². The normalized spacial score (nSPS) is 15.9. The van der Waals surface area contributed by atoms with Crippen LogP contribution in [0.1, 0.15) is 24.0 Å². The van der Waals surface area contributed by atoms with Gasteiger partial charge in [-0.3, -0.25) is 0 Å². The summed E-state index contributed by atoms with van der Waals surface area (Å²) in [5.74, 6) is 0.721. The molecule has 1 saturated carbocycles. The third-order valence-electron chi connectivity index (χ3n) is 3.07. The van der Waals surface area contributed by atoms with Crippen molar-refractivity contribution in [1.82, 2.24) is 0 Å². The molecule has 0 amide bonds. The van der Waals surface area contributed by atoms with E-state index in [1.165, 1.54) is 0 Å². The molecular weight excluding hydrogens is 200 g/mol. The summed E-state index contributed by atoms with van der Waals surface area (Å²) in [6.45, 7) is 0. The van der Waals surface area contributed by atoms with Gasteiger partial charge < -0.3 is 4.74 Å². The smallest absolute Gasteiger partial charge is 0.123 e. The highest BCUT2D eigenvalue weighted by Crippen LogP contribution is 2.48. The van der Waals surface area contributed by atoms with Gasteiger partial charge in [-0.1, -0.05) is 6.07 Å². The SMILES string of the molecule is COc1ccc(C2(C#N)CC2)cc1CC#N. The largest absolute Gasteiger partial charge is 0.496 e. The lowest BCUT2D eigenvalue weighted by Crippen LogP contribution is -2.04. The van der Waals surface area contributed by atoms with Gasteiger partial charge in [0, 0.05) is 5.56 Å². The second-order valence-corrected chi connectivity index (χ2v) is 4.06. The van der Waals surface area contributed by atoms with Gasteiger partial charge in [0.1, 0.15) is 5.75 Å². The fourth-order valence-electron chi connectivity index (χ4n) is 1.89. The summed E-state index contributed by atoms with van der Waals surface area (Å²) in [4.78, 5) is 0. The molecule has 1 aliphatic rings. The summed E-state index contributed by atoms with van der Waals surface area (Å²) in [5.41, 5.74) is 1.58. The molecule has 3 heteroatoms. The van der Waals surface area contributed by atoms with Crippen molar-refractivity contribution >= 4 is 0 Å². The first kappa shape index (κ1) is 10.5. The Hall–Kier alpha value is -2.00. The standard InChI is InChI=1S/C13H12N2O/c1-16-12-3-2-11(8-10(12)4-7-14)13(9-15)5-6-13/h2-3,8H,4-6H2,1H3. The van der Waals surface area contributed by atoms with E-state index >= 15 is 0 Å². The van der Waals surface area contributed by atoms with Crippen LogP contribution in [0.5, 0.6) is 5.75 Å². The predicted octanol–water partition coefficient (Wildman–Crippen LogP) is 2.32. The van der Waals surface area contributed by atoms with Gasteiger partial charge in [0.2, 0.25) is 0 Å². The van der Waals surface area contributed by atoms with E-state index in [9.17, 15) is 0 Å². The Balaban J connectivity index is 2.41. The molecular formula is C13H12N2O. The lowest BCUT2D eigenvalue weighted by molar-refractivity contribution is 0.410. The number of rotatable bonds is 3. The van der Waals surface area contributed by atoms with Crippen LogP contribution in [0.2, 0.25) is 0 Å². The van der Waals surface area contributed by atoms with Crippen LogP contribution >= 0.6 is 0 Å². The molecule has 16 heavy (non-hydrogen) atoms. The zero-order valence-corrected chi connectivity index (χ0v) is 9.16. The van der Waals surface area contributed by atoms with E-state index in [0.717, 1.165) is 29.7 Å². The molecule has 1 aromatic rings. The molecule has 1 aliphatic carbocycles. The molecule has 80 valence electrons. The summed E-state index contributed by atoms with van der Waals surface area (Å²) in [6.07, 6.45) is 2.15. The van der Waals surface area contributed by atoms with Gasteiger partial charge in [-0.25, -0.2) is 0 Å². The first-order valence-corrected chi connectivity index (χ1v) is 5.21. The van der Waals surface area contributed by atoms with Crippen molar-refractivity contribution < 1.29 is 4.74 Å². The second kappa shape index (κ2) is 3.87. The Kier molecular flexibility index (Phi) is 2.54. The van der Waals surface area contributed by atoms with E-state index < -0.39 is 0 Å². The molecule has 2 rings (SSSR count). The number of benzene rings is 1. The average Bonchev–Trinajstić information content (AvgIpc) is 3.10. The molecule has 0 saturated heterocycles. The Morgan fingerprint density at radius 2 is 2.12 bits per heavy atom. The summed E-state index contributed by atoms with van der Waals surface area (Å²) < 4.78 is 5.19. The Morgan fingerprint density at radius 3 is 2.62 bits per heavy atom. The van der Waals surface area contributed by atoms with E-state index in [1.807, 2.05) is 18.2 Å². The summed E-state index contributed by atoms with van der Waals surface area (Å²) in [5, 5.41) is 17.8. The molecule has 0 unspecified atom stereocenters. The quantitative estimate of drug-likeness (QED) is 0.772. The first-order valence-electron chi connectivity index (χ1n) is 5.21. The van der Waals surface area contributed by atoms with Crippen molar-refractivity contribution in [3.8, 4) is 17.9 Å². The highest BCUT2D eigenvalue weighted by molar-refractivity contribution is 5.46. The molecule has 1 aromatic carbocycles. The average molecular weight is 212 g/mol. The van der Waals surface area contributed by atoms with Gasteiger partial charge in [-0.2, -0.15) is 10.5 Å². The fourth-order valence-corrected chi connectivity index (χ4v) is 1.89. The van der Waals surface area contributed by atoms with E-state index in [0.29, 0.717) is 6.42 Å². The van der Waals surface area contributed by atoms with Crippen molar-refractivity contribution in [3.05, 3.63) is 29.3 Å². The third-order valence-corrected chi connectivity index (χ3v) is 3.07. The van der Waals surface area contributed by atoms with Crippen molar-refractivity contribution in [2.24, 2.45) is 0 Å². The van der Waals surface area contributed by atoms with Gasteiger partial charge in [0.15, 0.2) is 0 Å². The van der Waals surface area contributed by atoms with E-state index in [1.54, 1.807) is 7.11 Å². The molecule has 0 spiro atoms. The van der Waals surface area contributed by atoms with Crippen LogP contribution in [0.3, 0.4) is 0 Å². The van der Waals surface area contributed by atoms with E-state index in [2.05, 4.69) is 12.1 Å². The zero-order valence-electron chi connectivity index (χ0n) is 9.16. The number of nitriles is 2. The Morgan fingerprint density at radius 1 is 1.38 bits per heavy atom. The van der Waals surface area contributed by atoms with Gasteiger partial charge in [-0.05, 0) is 30.5 Å². The maximum Gasteiger partial charge on any atom is 0.123 e. The van der Waals surface area contributed by atoms with Crippen molar-refractivity contribution in [2.75, 3.05) is 7.11 Å². The number of ether oxygens (including phenoxy) is 1. The van der Waals surface area contributed by atoms with Gasteiger partial charge >= 0.3 is 0 Å². The molecule has 0 N–H and O–H groups in total. The van der Waals surface area contributed by atoms with Crippen LogP contribution in [-0.4, -0.2) is 7.11 Å². The van der Waals surface area contributed by atoms with Crippen molar-refractivity contribution in [3.63, 3.8) is 0 Å². The topological polar surface area (TPSA) is 56.8 Å². The minimum Gasteiger partial charge on any atom is -0.496 e. The summed E-state index contributed by atoms with van der Waals surface area (Å²) in [7, 11) is 1.59. The number of hydrogen-bond acceptors (Lipinski definition) is 3. The number of nitrogens with zero attached hydrogens (tertiary/aromatic N) is 2. The fraction of sp³-hybridized carbons (Fsp3) is 0.385. The molecule has 0 atom stereocenters. The monoisotopic (exact) mass is 212 g/mol. The van der Waals surface area contributed by atoms with Crippen LogP contribution in [-0.2, 0) is 11.8 Å². The molecule has 0 heterocycles. The van der Waals surface area contributed by atoms with Crippen LogP contribution in [0.25, 0.3) is 0 Å². The second-order valence-electron chi connectivity index (χ2n) is 4.06. The predicted molar refractivity (Wildman–Crippen MR) is 58.8 cm³/mol. The molecule has 1 fully saturated rings. The van der Waals surface area contributed by atoms with Crippen LogP contribution in [0.4, 0.5) is 0 Å². The first-order chi connectivity index (χ1) is 7.75. The van der Waals surface area contributed by atoms with Crippen LogP contribution < -0.4 is 4.74 Å². The van der Waals surface area contributed by atoms with E-state index in [-0.39, 0.29) is 5.41 Å². The summed E-state index contributed by atoms with van der Waals surface area (Å²) in [6, 6.07) is 10.2. The number of methoxy groups -OCH3 is 1. The highest BCUT2D eigenvalue weighted by atomic mass is 16.5. The van der Waals surface area contributed by atoms with Gasteiger partial charge in [0.25, 0.3) is 0 Å². The molecule has 0 bridgehead atoms. The maximum absolute atomic E-state index is 9.11. The van der Waals surface area contributed by atoms with Gasteiger partial charge in [-0.15, -0.1) is 0 Å². The zero-order chi connectivity index (χ0) is 11.6. The molecule has 0 aliphatic heterocycles. The Labute approximate surface area is 94.9 Å². The molecule has 3 nitrogen and oxygen atoms in total. The van der Waals surface area contributed by atoms with Crippen molar-refractivity contribution in [2.45, 2.75) is 24.7 Å². The molecule has 0 radical (unpaired) electrons. The summed E-state index contributed by atoms with van der Waals surface area (Å²) >= 11 is 0. The number of hydrogen-bond donors (Lipinski definition) is 0. The lowest BCUT2D eigenvalue weighted by Gasteiger charge is -2.11. The Bertz CT molecular complexity index is 490. The van der Waals surface area contributed by atoms with E-state index in [4.69, 9.17) is 15.3 Å². The van der Waals surface area contributed by atoms with Gasteiger partial charge in [0.05, 0.1) is 31.1 Å². The maximum atomic E-state index is 9.11. The molecule has 0 aromatic heterocycles. The minimum atomic E-state index is -0.295. The highest BCUT2D eigenvalue weighted by Gasteiger charge is 2.45.